The number of ketones is 1. The summed E-state index contributed by atoms with van der Waals surface area (Å²) < 4.78 is 0. The lowest BCUT2D eigenvalue weighted by Crippen LogP contribution is -2.29. The molecule has 0 aliphatic heterocycles. The average Bonchev–Trinajstić information content (AvgIpc) is 2.36. The van der Waals surface area contributed by atoms with Crippen molar-refractivity contribution in [2.45, 2.75) is 46.1 Å². The molecule has 0 aliphatic carbocycles. The molecule has 112 valence electrons. The van der Waals surface area contributed by atoms with Crippen LogP contribution in [-0.4, -0.2) is 11.8 Å². The van der Waals surface area contributed by atoms with E-state index in [-0.39, 0.29) is 17.2 Å². The van der Waals surface area contributed by atoms with E-state index in [0.29, 0.717) is 12.8 Å². The number of rotatable bonds is 5. The minimum Gasteiger partial charge on any atom is -0.327 e. The van der Waals surface area contributed by atoms with E-state index in [4.69, 9.17) is 5.73 Å². The molecular formula is C19H25NO. The van der Waals surface area contributed by atoms with Crippen LogP contribution in [0, 0.1) is 5.41 Å². The average molecular weight is 283 g/mol. The number of carbonyl (C=O) groups is 1. The Morgan fingerprint density at radius 2 is 1.76 bits per heavy atom. The molecule has 2 nitrogen and oxygen atoms in total. The van der Waals surface area contributed by atoms with Crippen LogP contribution >= 0.6 is 0 Å². The van der Waals surface area contributed by atoms with E-state index in [2.05, 4.69) is 39.0 Å². The molecule has 21 heavy (non-hydrogen) atoms. The quantitative estimate of drug-likeness (QED) is 0.897. The lowest BCUT2D eigenvalue weighted by molar-refractivity contribution is -0.118. The molecule has 0 aromatic heterocycles. The first-order valence-electron chi connectivity index (χ1n) is 7.59. The van der Waals surface area contributed by atoms with Crippen molar-refractivity contribution >= 4 is 16.6 Å². The van der Waals surface area contributed by atoms with Crippen molar-refractivity contribution in [2.24, 2.45) is 11.1 Å². The number of fused-ring (bicyclic) bond motifs is 1. The highest BCUT2D eigenvalue weighted by Crippen LogP contribution is 2.23. The van der Waals surface area contributed by atoms with Crippen LogP contribution in [0.5, 0.6) is 0 Å². The van der Waals surface area contributed by atoms with Crippen molar-refractivity contribution in [3.8, 4) is 0 Å². The van der Waals surface area contributed by atoms with Crippen molar-refractivity contribution < 1.29 is 4.79 Å². The summed E-state index contributed by atoms with van der Waals surface area (Å²) in [6.07, 6.45) is 1.80. The second-order valence-corrected chi connectivity index (χ2v) is 7.08. The van der Waals surface area contributed by atoms with E-state index in [0.717, 1.165) is 17.4 Å². The molecule has 2 rings (SSSR count). The fraction of sp³-hybridized carbons (Fsp3) is 0.421. The van der Waals surface area contributed by atoms with Gasteiger partial charge in [-0.25, -0.2) is 0 Å². The summed E-state index contributed by atoms with van der Waals surface area (Å²) in [6.45, 7) is 6.46. The number of carbonyl (C=O) groups excluding carboxylic acids is 1. The van der Waals surface area contributed by atoms with Crippen LogP contribution in [0.2, 0.25) is 0 Å². The van der Waals surface area contributed by atoms with Gasteiger partial charge in [0.2, 0.25) is 0 Å². The highest BCUT2D eigenvalue weighted by atomic mass is 16.1. The third kappa shape index (κ3) is 4.68. The lowest BCUT2D eigenvalue weighted by atomic mass is 9.86. The van der Waals surface area contributed by atoms with Gasteiger partial charge in [-0.3, -0.25) is 4.79 Å². The Labute approximate surface area is 127 Å². The van der Waals surface area contributed by atoms with Crippen LogP contribution in [0.1, 0.15) is 39.2 Å². The summed E-state index contributed by atoms with van der Waals surface area (Å²) in [4.78, 5) is 12.3. The molecule has 1 unspecified atom stereocenters. The molecule has 0 bridgehead atoms. The standard InChI is InChI=1S/C19H25NO/c1-19(2,3)13-16(20)12-17(21)11-15-9-6-8-14-7-4-5-10-18(14)15/h4-10,16H,11-13,20H2,1-3H3. The maximum atomic E-state index is 12.3. The predicted molar refractivity (Wildman–Crippen MR) is 89.3 cm³/mol. The molecule has 0 aliphatic rings. The Kier molecular flexibility index (Phi) is 4.79. The minimum absolute atomic E-state index is 0.0486. The molecule has 0 saturated carbocycles. The van der Waals surface area contributed by atoms with Crippen molar-refractivity contribution in [2.75, 3.05) is 0 Å². The first kappa shape index (κ1) is 15.7. The molecule has 0 amide bonds. The Morgan fingerprint density at radius 3 is 2.48 bits per heavy atom. The molecular weight excluding hydrogens is 258 g/mol. The van der Waals surface area contributed by atoms with Crippen LogP contribution in [-0.2, 0) is 11.2 Å². The largest absolute Gasteiger partial charge is 0.327 e. The summed E-state index contributed by atoms with van der Waals surface area (Å²) in [7, 11) is 0. The highest BCUT2D eigenvalue weighted by Gasteiger charge is 2.18. The summed E-state index contributed by atoms with van der Waals surface area (Å²) in [5.41, 5.74) is 7.37. The van der Waals surface area contributed by atoms with Gasteiger partial charge in [0.1, 0.15) is 5.78 Å². The molecule has 0 radical (unpaired) electrons. The van der Waals surface area contributed by atoms with Crippen LogP contribution < -0.4 is 5.73 Å². The van der Waals surface area contributed by atoms with Crippen molar-refractivity contribution in [3.63, 3.8) is 0 Å². The fourth-order valence-electron chi connectivity index (χ4n) is 2.88. The fourth-order valence-corrected chi connectivity index (χ4v) is 2.88. The molecule has 2 aromatic carbocycles. The van der Waals surface area contributed by atoms with E-state index in [1.807, 2.05) is 24.3 Å². The van der Waals surface area contributed by atoms with E-state index < -0.39 is 0 Å². The SMILES string of the molecule is CC(C)(C)CC(N)CC(=O)Cc1cccc2ccccc12. The highest BCUT2D eigenvalue weighted by molar-refractivity contribution is 5.91. The van der Waals surface area contributed by atoms with Crippen molar-refractivity contribution in [3.05, 3.63) is 48.0 Å². The Morgan fingerprint density at radius 1 is 1.10 bits per heavy atom. The Balaban J connectivity index is 2.05. The van der Waals surface area contributed by atoms with Crippen molar-refractivity contribution in [1.29, 1.82) is 0 Å². The number of nitrogens with two attached hydrogens (primary N) is 1. The Bertz CT molecular complexity index is 619. The third-order valence-corrected chi connectivity index (χ3v) is 3.63. The maximum Gasteiger partial charge on any atom is 0.138 e. The predicted octanol–water partition coefficient (Wildman–Crippen LogP) is 4.11. The second-order valence-electron chi connectivity index (χ2n) is 7.08. The number of Topliss-reactive ketones (excluding diaryl/α,β-unsaturated/α-hetero) is 1. The van der Waals surface area contributed by atoms with Gasteiger partial charge in [0.15, 0.2) is 0 Å². The molecule has 0 saturated heterocycles. The third-order valence-electron chi connectivity index (χ3n) is 3.63. The molecule has 0 spiro atoms. The number of benzene rings is 2. The number of hydrogen-bond acceptors (Lipinski definition) is 2. The van der Waals surface area contributed by atoms with Gasteiger partial charge >= 0.3 is 0 Å². The van der Waals surface area contributed by atoms with Gasteiger partial charge < -0.3 is 5.73 Å². The van der Waals surface area contributed by atoms with Crippen LogP contribution in [0.4, 0.5) is 0 Å². The summed E-state index contributed by atoms with van der Waals surface area (Å²) in [6, 6.07) is 14.3. The zero-order valence-corrected chi connectivity index (χ0v) is 13.2. The van der Waals surface area contributed by atoms with E-state index >= 15 is 0 Å². The van der Waals surface area contributed by atoms with Crippen LogP contribution in [0.15, 0.2) is 42.5 Å². The number of hydrogen-bond donors (Lipinski definition) is 1. The van der Waals surface area contributed by atoms with Gasteiger partial charge in [0.05, 0.1) is 0 Å². The second kappa shape index (κ2) is 6.40. The monoisotopic (exact) mass is 283 g/mol. The van der Waals surface area contributed by atoms with Gasteiger partial charge in [-0.2, -0.15) is 0 Å². The Hall–Kier alpha value is -1.67. The molecule has 0 heterocycles. The molecule has 2 aromatic rings. The summed E-state index contributed by atoms with van der Waals surface area (Å²) in [5, 5.41) is 2.35. The van der Waals surface area contributed by atoms with Crippen LogP contribution in [0.25, 0.3) is 10.8 Å². The van der Waals surface area contributed by atoms with E-state index in [1.54, 1.807) is 0 Å². The first-order valence-corrected chi connectivity index (χ1v) is 7.59. The molecule has 2 heteroatoms. The van der Waals surface area contributed by atoms with Crippen molar-refractivity contribution in [1.82, 2.24) is 0 Å². The van der Waals surface area contributed by atoms with E-state index in [1.165, 1.54) is 5.39 Å². The topological polar surface area (TPSA) is 43.1 Å². The minimum atomic E-state index is -0.0486. The summed E-state index contributed by atoms with van der Waals surface area (Å²) in [5.74, 6) is 0.225. The normalized spacial score (nSPS) is 13.3. The molecule has 2 N–H and O–H groups in total. The van der Waals surface area contributed by atoms with E-state index in [9.17, 15) is 4.79 Å². The van der Waals surface area contributed by atoms with Gasteiger partial charge in [-0.15, -0.1) is 0 Å². The molecule has 1 atom stereocenters. The van der Waals surface area contributed by atoms with Gasteiger partial charge in [0.25, 0.3) is 0 Å². The van der Waals surface area contributed by atoms with Gasteiger partial charge in [0, 0.05) is 18.9 Å². The maximum absolute atomic E-state index is 12.3. The smallest absolute Gasteiger partial charge is 0.138 e. The first-order chi connectivity index (χ1) is 9.85. The van der Waals surface area contributed by atoms with Crippen LogP contribution in [0.3, 0.4) is 0 Å². The molecule has 0 fully saturated rings. The zero-order chi connectivity index (χ0) is 15.5. The summed E-state index contributed by atoms with van der Waals surface area (Å²) >= 11 is 0. The zero-order valence-electron chi connectivity index (χ0n) is 13.2. The van der Waals surface area contributed by atoms with Gasteiger partial charge in [-0.1, -0.05) is 63.2 Å². The van der Waals surface area contributed by atoms with Gasteiger partial charge in [-0.05, 0) is 28.2 Å². The lowest BCUT2D eigenvalue weighted by Gasteiger charge is -2.22.